The Morgan fingerprint density at radius 1 is 1.30 bits per heavy atom. The van der Waals surface area contributed by atoms with Crippen molar-refractivity contribution in [3.8, 4) is 5.75 Å². The number of carboxylic acid groups (broad SMARTS) is 1. The summed E-state index contributed by atoms with van der Waals surface area (Å²) in [6.45, 7) is 1.51. The number of carbonyl (C=O) groups is 1. The van der Waals surface area contributed by atoms with E-state index in [-0.39, 0.29) is 21.7 Å². The van der Waals surface area contributed by atoms with Crippen molar-refractivity contribution >= 4 is 47.0 Å². The number of oxime groups is 1. The molecule has 0 heterocycles. The highest BCUT2D eigenvalue weighted by Gasteiger charge is 2.45. The highest BCUT2D eigenvalue weighted by Crippen LogP contribution is 2.53. The van der Waals surface area contributed by atoms with Gasteiger partial charge in [-0.3, -0.25) is 0 Å². The molecule has 2 N–H and O–H groups in total. The number of carboxylic acids is 1. The predicted octanol–water partition coefficient (Wildman–Crippen LogP) is 5.17. The average molecular weight is 429 g/mol. The molecular weight excluding hydrogens is 413 g/mol. The van der Waals surface area contributed by atoms with Gasteiger partial charge in [-0.05, 0) is 41.3 Å². The second-order valence-corrected chi connectivity index (χ2v) is 7.79. The van der Waals surface area contributed by atoms with Crippen LogP contribution in [-0.4, -0.2) is 29.1 Å². The Morgan fingerprint density at radius 3 is 2.56 bits per heavy atom. The Morgan fingerprint density at radius 2 is 1.96 bits per heavy atom. The molecule has 0 aliphatic heterocycles. The fourth-order valence-electron chi connectivity index (χ4n) is 3.64. The van der Waals surface area contributed by atoms with Crippen LogP contribution in [-0.2, 0) is 16.6 Å². The molecule has 142 valence electrons. The van der Waals surface area contributed by atoms with E-state index in [0.29, 0.717) is 11.4 Å². The van der Waals surface area contributed by atoms with Gasteiger partial charge in [-0.1, -0.05) is 53.9 Å². The van der Waals surface area contributed by atoms with Gasteiger partial charge < -0.3 is 15.1 Å². The smallest absolute Gasteiger partial charge is 0.341 e. The monoisotopic (exact) mass is 427 g/mol. The van der Waals surface area contributed by atoms with Gasteiger partial charge in [-0.15, -0.1) is 5.16 Å². The molecule has 2 aromatic carbocycles. The van der Waals surface area contributed by atoms with Gasteiger partial charge in [0.2, 0.25) is 0 Å². The molecule has 1 aliphatic rings. The summed E-state index contributed by atoms with van der Waals surface area (Å²) >= 11 is 18.8. The van der Waals surface area contributed by atoms with Gasteiger partial charge in [0.25, 0.3) is 0 Å². The van der Waals surface area contributed by atoms with E-state index >= 15 is 0 Å². The van der Waals surface area contributed by atoms with Gasteiger partial charge in [0.15, 0.2) is 6.61 Å². The molecule has 0 fully saturated rings. The summed E-state index contributed by atoms with van der Waals surface area (Å²) in [6.07, 6.45) is 2.00. The maximum absolute atomic E-state index is 10.8. The lowest BCUT2D eigenvalue weighted by molar-refractivity contribution is -0.139. The van der Waals surface area contributed by atoms with E-state index in [1.54, 1.807) is 18.2 Å². The van der Waals surface area contributed by atoms with Crippen LogP contribution in [0.15, 0.2) is 35.5 Å². The second kappa shape index (κ2) is 7.58. The van der Waals surface area contributed by atoms with Crippen LogP contribution >= 0.6 is 34.8 Å². The maximum Gasteiger partial charge on any atom is 0.341 e. The molecule has 0 saturated carbocycles. The van der Waals surface area contributed by atoms with Crippen LogP contribution in [0.5, 0.6) is 5.75 Å². The molecule has 2 unspecified atom stereocenters. The van der Waals surface area contributed by atoms with Crippen molar-refractivity contribution in [1.29, 1.82) is 0 Å². The first-order valence-electron chi connectivity index (χ1n) is 8.07. The highest BCUT2D eigenvalue weighted by molar-refractivity contribution is 6.43. The number of ether oxygens (including phenoxy) is 1. The number of rotatable bonds is 5. The third-order valence-electron chi connectivity index (χ3n) is 4.92. The van der Waals surface area contributed by atoms with E-state index in [0.717, 1.165) is 16.7 Å². The van der Waals surface area contributed by atoms with Gasteiger partial charge in [0, 0.05) is 16.4 Å². The average Bonchev–Trinajstić information content (AvgIpc) is 2.91. The van der Waals surface area contributed by atoms with E-state index in [4.69, 9.17) is 44.6 Å². The van der Waals surface area contributed by atoms with Crippen molar-refractivity contribution in [3.05, 3.63) is 62.1 Å². The Kier molecular flexibility index (Phi) is 5.56. The van der Waals surface area contributed by atoms with E-state index < -0.39 is 18.0 Å². The standard InChI is InChI=1S/C19H16Cl3NO4/c1-19(11-2-4-12(20)5-3-11)7-10-6-14(27-9-15(24)25)17(21)18(22)16(10)13(19)8-23-26/h2-6,8,13,26H,7,9H2,1H3,(H,24,25)/b23-8-. The van der Waals surface area contributed by atoms with Gasteiger partial charge in [-0.2, -0.15) is 0 Å². The molecule has 0 saturated heterocycles. The Bertz CT molecular complexity index is 914. The van der Waals surface area contributed by atoms with E-state index in [2.05, 4.69) is 5.16 Å². The predicted molar refractivity (Wildman–Crippen MR) is 105 cm³/mol. The van der Waals surface area contributed by atoms with Crippen LogP contribution in [0.1, 0.15) is 29.5 Å². The minimum Gasteiger partial charge on any atom is -0.480 e. The number of nitrogens with zero attached hydrogens (tertiary/aromatic N) is 1. The fourth-order valence-corrected chi connectivity index (χ4v) is 4.30. The van der Waals surface area contributed by atoms with E-state index in [9.17, 15) is 10.0 Å². The largest absolute Gasteiger partial charge is 0.480 e. The zero-order valence-corrected chi connectivity index (χ0v) is 16.5. The Labute approximate surface area is 171 Å². The minimum absolute atomic E-state index is 0.133. The van der Waals surface area contributed by atoms with Gasteiger partial charge in [0.1, 0.15) is 10.8 Å². The number of halogens is 3. The first kappa shape index (κ1) is 19.8. The maximum atomic E-state index is 10.8. The molecule has 0 spiro atoms. The van der Waals surface area contributed by atoms with Crippen molar-refractivity contribution in [3.63, 3.8) is 0 Å². The molecule has 0 aromatic heterocycles. The van der Waals surface area contributed by atoms with Crippen molar-refractivity contribution < 1.29 is 19.8 Å². The summed E-state index contributed by atoms with van der Waals surface area (Å²) in [7, 11) is 0. The van der Waals surface area contributed by atoms with Crippen LogP contribution in [0.3, 0.4) is 0 Å². The van der Waals surface area contributed by atoms with E-state index in [1.807, 2.05) is 19.1 Å². The topological polar surface area (TPSA) is 79.1 Å². The zero-order chi connectivity index (χ0) is 19.8. The molecule has 3 rings (SSSR count). The lowest BCUT2D eigenvalue weighted by atomic mass is 9.73. The molecule has 8 heteroatoms. The van der Waals surface area contributed by atoms with Gasteiger partial charge in [0.05, 0.1) is 11.2 Å². The third-order valence-corrected chi connectivity index (χ3v) is 6.04. The van der Waals surface area contributed by atoms with Crippen LogP contribution in [0, 0.1) is 0 Å². The summed E-state index contributed by atoms with van der Waals surface area (Å²) in [5.74, 6) is -1.24. The second-order valence-electron chi connectivity index (χ2n) is 6.60. The normalized spacial score (nSPS) is 21.4. The van der Waals surface area contributed by atoms with E-state index in [1.165, 1.54) is 6.21 Å². The Balaban J connectivity index is 2.11. The van der Waals surface area contributed by atoms with Crippen LogP contribution in [0.2, 0.25) is 15.1 Å². The molecule has 5 nitrogen and oxygen atoms in total. The first-order chi connectivity index (χ1) is 12.8. The molecule has 0 bridgehead atoms. The number of hydrogen-bond donors (Lipinski definition) is 2. The summed E-state index contributed by atoms with van der Waals surface area (Å²) in [4.78, 5) is 10.8. The summed E-state index contributed by atoms with van der Waals surface area (Å²) in [5, 5.41) is 22.3. The Hall–Kier alpha value is -1.95. The minimum atomic E-state index is -1.11. The van der Waals surface area contributed by atoms with Crippen molar-refractivity contribution in [1.82, 2.24) is 0 Å². The van der Waals surface area contributed by atoms with Crippen molar-refractivity contribution in [2.75, 3.05) is 6.61 Å². The number of benzene rings is 2. The van der Waals surface area contributed by atoms with Gasteiger partial charge >= 0.3 is 5.97 Å². The quantitative estimate of drug-likeness (QED) is 0.391. The summed E-state index contributed by atoms with van der Waals surface area (Å²) in [6, 6.07) is 9.14. The SMILES string of the molecule is CC1(c2ccc(Cl)cc2)Cc2cc(OCC(=O)O)c(Cl)c(Cl)c2C1/C=N\O. The van der Waals surface area contributed by atoms with Crippen LogP contribution in [0.4, 0.5) is 0 Å². The molecule has 2 atom stereocenters. The van der Waals surface area contributed by atoms with Crippen LogP contribution < -0.4 is 4.74 Å². The van der Waals surface area contributed by atoms with Gasteiger partial charge in [-0.25, -0.2) is 4.79 Å². The highest BCUT2D eigenvalue weighted by atomic mass is 35.5. The lowest BCUT2D eigenvalue weighted by Gasteiger charge is -2.30. The van der Waals surface area contributed by atoms with Crippen molar-refractivity contribution in [2.45, 2.75) is 24.7 Å². The zero-order valence-electron chi connectivity index (χ0n) is 14.2. The first-order valence-corrected chi connectivity index (χ1v) is 9.20. The third kappa shape index (κ3) is 3.59. The summed E-state index contributed by atoms with van der Waals surface area (Å²) in [5.41, 5.74) is 2.12. The molecule has 27 heavy (non-hydrogen) atoms. The van der Waals surface area contributed by atoms with Crippen molar-refractivity contribution in [2.24, 2.45) is 5.16 Å². The molecule has 1 aliphatic carbocycles. The number of hydrogen-bond acceptors (Lipinski definition) is 4. The number of aliphatic carboxylic acids is 1. The molecule has 2 aromatic rings. The molecule has 0 radical (unpaired) electrons. The molecule has 0 amide bonds. The fraction of sp³-hybridized carbons (Fsp3) is 0.263. The van der Waals surface area contributed by atoms with Crippen LogP contribution in [0.25, 0.3) is 0 Å². The lowest BCUT2D eigenvalue weighted by Crippen LogP contribution is -2.28. The summed E-state index contributed by atoms with van der Waals surface area (Å²) < 4.78 is 5.27. The molecular formula is C19H16Cl3NO4. The number of fused-ring (bicyclic) bond motifs is 1.